The Bertz CT molecular complexity index is 286. The number of nitrogens with zero attached hydrogens (tertiary/aromatic N) is 2. The molecular formula is C13H25N3O2. The number of hydrogen-bond donors (Lipinski definition) is 1. The monoisotopic (exact) mass is 255 g/mol. The second-order valence-corrected chi connectivity index (χ2v) is 5.07. The summed E-state index contributed by atoms with van der Waals surface area (Å²) in [6, 6.07) is 0. The zero-order valence-electron chi connectivity index (χ0n) is 11.7. The molecule has 2 amide bonds. The topological polar surface area (TPSA) is 52.7 Å². The van der Waals surface area contributed by atoms with Crippen molar-refractivity contribution in [1.29, 1.82) is 0 Å². The number of likely N-dealkylation sites (N-methyl/N-ethyl adjacent to an activating group) is 1. The van der Waals surface area contributed by atoms with Crippen LogP contribution in [0.4, 0.5) is 0 Å². The van der Waals surface area contributed by atoms with E-state index in [2.05, 4.69) is 5.32 Å². The molecule has 104 valence electrons. The molecule has 1 heterocycles. The van der Waals surface area contributed by atoms with Crippen LogP contribution >= 0.6 is 0 Å². The van der Waals surface area contributed by atoms with Gasteiger partial charge in [-0.15, -0.1) is 0 Å². The minimum atomic E-state index is -0.00858. The highest BCUT2D eigenvalue weighted by atomic mass is 16.2. The van der Waals surface area contributed by atoms with Crippen molar-refractivity contribution in [2.24, 2.45) is 5.92 Å². The Morgan fingerprint density at radius 3 is 2.33 bits per heavy atom. The van der Waals surface area contributed by atoms with Gasteiger partial charge in [-0.25, -0.2) is 0 Å². The van der Waals surface area contributed by atoms with Crippen molar-refractivity contribution >= 4 is 11.8 Å². The lowest BCUT2D eigenvalue weighted by Gasteiger charge is -2.29. The fourth-order valence-electron chi connectivity index (χ4n) is 2.17. The first-order valence-corrected chi connectivity index (χ1v) is 6.76. The van der Waals surface area contributed by atoms with Gasteiger partial charge in [-0.05, 0) is 32.4 Å². The van der Waals surface area contributed by atoms with Gasteiger partial charge in [0.1, 0.15) is 0 Å². The predicted molar refractivity (Wildman–Crippen MR) is 71.2 cm³/mol. The summed E-state index contributed by atoms with van der Waals surface area (Å²) in [5, 5.41) is 3.25. The zero-order chi connectivity index (χ0) is 13.5. The average molecular weight is 255 g/mol. The largest absolute Gasteiger partial charge is 0.347 e. The van der Waals surface area contributed by atoms with Crippen molar-refractivity contribution < 1.29 is 9.59 Å². The first-order chi connectivity index (χ1) is 8.56. The highest BCUT2D eigenvalue weighted by molar-refractivity contribution is 5.85. The van der Waals surface area contributed by atoms with Gasteiger partial charge in [-0.3, -0.25) is 9.59 Å². The summed E-state index contributed by atoms with van der Waals surface area (Å²) in [4.78, 5) is 27.4. The molecule has 1 aliphatic heterocycles. The molecule has 0 unspecified atom stereocenters. The first-order valence-electron chi connectivity index (χ1n) is 6.76. The van der Waals surface area contributed by atoms with E-state index in [-0.39, 0.29) is 24.3 Å². The fraction of sp³-hybridized carbons (Fsp3) is 0.846. The Balaban J connectivity index is 2.58. The number of hydrogen-bond acceptors (Lipinski definition) is 3. The minimum Gasteiger partial charge on any atom is -0.347 e. The summed E-state index contributed by atoms with van der Waals surface area (Å²) in [6.07, 6.45) is 2.65. The third-order valence-electron chi connectivity index (χ3n) is 3.32. The van der Waals surface area contributed by atoms with Crippen molar-refractivity contribution in [3.8, 4) is 0 Å². The molecular weight excluding hydrogens is 230 g/mol. The Hall–Kier alpha value is -1.10. The lowest BCUT2D eigenvalue weighted by molar-refractivity contribution is -0.142. The summed E-state index contributed by atoms with van der Waals surface area (Å²) in [6.45, 7) is 4.71. The van der Waals surface area contributed by atoms with Gasteiger partial charge in [0.2, 0.25) is 11.8 Å². The van der Waals surface area contributed by atoms with Crippen LogP contribution in [0.5, 0.6) is 0 Å². The van der Waals surface area contributed by atoms with E-state index in [4.69, 9.17) is 0 Å². The van der Waals surface area contributed by atoms with Gasteiger partial charge in [-0.2, -0.15) is 0 Å². The Labute approximate surface area is 110 Å². The van der Waals surface area contributed by atoms with Gasteiger partial charge in [-0.1, -0.05) is 6.92 Å². The maximum absolute atomic E-state index is 12.4. The lowest BCUT2D eigenvalue weighted by Crippen LogP contribution is -2.45. The van der Waals surface area contributed by atoms with Crippen LogP contribution in [0.2, 0.25) is 0 Å². The molecule has 1 saturated heterocycles. The quantitative estimate of drug-likeness (QED) is 0.769. The van der Waals surface area contributed by atoms with Crippen LogP contribution in [0.15, 0.2) is 0 Å². The van der Waals surface area contributed by atoms with Crippen LogP contribution in [0, 0.1) is 5.92 Å². The molecule has 0 radical (unpaired) electrons. The van der Waals surface area contributed by atoms with Crippen LogP contribution in [0.3, 0.4) is 0 Å². The van der Waals surface area contributed by atoms with Crippen molar-refractivity contribution in [2.75, 3.05) is 40.3 Å². The van der Waals surface area contributed by atoms with Gasteiger partial charge < -0.3 is 15.1 Å². The summed E-state index contributed by atoms with van der Waals surface area (Å²) in [7, 11) is 3.45. The SMILES string of the molecule is CCCN(CC(=O)N(C)C)C(=O)C1CCNCC1. The molecule has 0 aromatic carbocycles. The molecule has 0 spiro atoms. The molecule has 5 heteroatoms. The molecule has 1 N–H and O–H groups in total. The number of piperidine rings is 1. The van der Waals surface area contributed by atoms with Gasteiger partial charge >= 0.3 is 0 Å². The molecule has 1 fully saturated rings. The van der Waals surface area contributed by atoms with E-state index < -0.39 is 0 Å². The highest BCUT2D eigenvalue weighted by Crippen LogP contribution is 2.15. The lowest BCUT2D eigenvalue weighted by atomic mass is 9.96. The number of rotatable bonds is 5. The first kappa shape index (κ1) is 15.0. The molecule has 0 aromatic heterocycles. The van der Waals surface area contributed by atoms with E-state index in [1.807, 2.05) is 6.92 Å². The van der Waals surface area contributed by atoms with E-state index >= 15 is 0 Å². The second kappa shape index (κ2) is 7.36. The summed E-state index contributed by atoms with van der Waals surface area (Å²) in [5.41, 5.74) is 0. The Morgan fingerprint density at radius 1 is 1.22 bits per heavy atom. The fourth-order valence-corrected chi connectivity index (χ4v) is 2.17. The van der Waals surface area contributed by atoms with Gasteiger partial charge in [0.25, 0.3) is 0 Å². The van der Waals surface area contributed by atoms with E-state index in [0.717, 1.165) is 32.4 Å². The van der Waals surface area contributed by atoms with E-state index in [1.54, 1.807) is 23.9 Å². The van der Waals surface area contributed by atoms with Crippen molar-refractivity contribution in [3.05, 3.63) is 0 Å². The average Bonchev–Trinajstić information content (AvgIpc) is 2.38. The third-order valence-corrected chi connectivity index (χ3v) is 3.32. The molecule has 18 heavy (non-hydrogen) atoms. The van der Waals surface area contributed by atoms with Crippen LogP contribution in [0.1, 0.15) is 26.2 Å². The van der Waals surface area contributed by atoms with Gasteiger partial charge in [0, 0.05) is 26.6 Å². The smallest absolute Gasteiger partial charge is 0.241 e. The molecule has 0 saturated carbocycles. The van der Waals surface area contributed by atoms with Gasteiger partial charge in [0.05, 0.1) is 6.54 Å². The molecule has 1 rings (SSSR count). The van der Waals surface area contributed by atoms with Crippen LogP contribution in [-0.2, 0) is 9.59 Å². The Kier molecular flexibility index (Phi) is 6.12. The molecule has 0 aromatic rings. The summed E-state index contributed by atoms with van der Waals surface area (Å²) >= 11 is 0. The molecule has 0 aliphatic carbocycles. The normalized spacial score (nSPS) is 16.4. The number of carbonyl (C=O) groups excluding carboxylic acids is 2. The molecule has 0 atom stereocenters. The van der Waals surface area contributed by atoms with Crippen molar-refractivity contribution in [1.82, 2.24) is 15.1 Å². The van der Waals surface area contributed by atoms with Crippen molar-refractivity contribution in [3.63, 3.8) is 0 Å². The molecule has 0 bridgehead atoms. The predicted octanol–water partition coefficient (Wildman–Crippen LogP) is 0.313. The third kappa shape index (κ3) is 4.29. The minimum absolute atomic E-state index is 0.00858. The maximum Gasteiger partial charge on any atom is 0.241 e. The maximum atomic E-state index is 12.4. The van der Waals surface area contributed by atoms with Crippen LogP contribution in [0.25, 0.3) is 0 Å². The Morgan fingerprint density at radius 2 is 1.83 bits per heavy atom. The van der Waals surface area contributed by atoms with E-state index in [1.165, 1.54) is 0 Å². The van der Waals surface area contributed by atoms with E-state index in [0.29, 0.717) is 6.54 Å². The number of amides is 2. The highest BCUT2D eigenvalue weighted by Gasteiger charge is 2.26. The summed E-state index contributed by atoms with van der Waals surface area (Å²) in [5.74, 6) is 0.229. The second-order valence-electron chi connectivity index (χ2n) is 5.07. The van der Waals surface area contributed by atoms with Crippen LogP contribution in [-0.4, -0.2) is 61.9 Å². The van der Waals surface area contributed by atoms with Crippen LogP contribution < -0.4 is 5.32 Å². The zero-order valence-corrected chi connectivity index (χ0v) is 11.7. The van der Waals surface area contributed by atoms with Gasteiger partial charge in [0.15, 0.2) is 0 Å². The number of nitrogens with one attached hydrogen (secondary N) is 1. The summed E-state index contributed by atoms with van der Waals surface area (Å²) < 4.78 is 0. The molecule has 5 nitrogen and oxygen atoms in total. The molecule has 1 aliphatic rings. The number of carbonyl (C=O) groups is 2. The van der Waals surface area contributed by atoms with Crippen molar-refractivity contribution in [2.45, 2.75) is 26.2 Å². The van der Waals surface area contributed by atoms with E-state index in [9.17, 15) is 9.59 Å². The standard InChI is InChI=1S/C13H25N3O2/c1-4-9-16(10-12(17)15(2)3)13(18)11-5-7-14-8-6-11/h11,14H,4-10H2,1-3H3.